The number of amides is 1. The molecule has 1 atom stereocenters. The van der Waals surface area contributed by atoms with Gasteiger partial charge < -0.3 is 5.32 Å². The van der Waals surface area contributed by atoms with Crippen molar-refractivity contribution in [2.45, 2.75) is 55.9 Å². The van der Waals surface area contributed by atoms with E-state index in [0.717, 1.165) is 38.5 Å². The van der Waals surface area contributed by atoms with Gasteiger partial charge in [-0.1, -0.05) is 36.9 Å². The van der Waals surface area contributed by atoms with Gasteiger partial charge >= 0.3 is 0 Å². The number of rotatable bonds is 4. The zero-order valence-electron chi connectivity index (χ0n) is 14.3. The predicted molar refractivity (Wildman–Crippen MR) is 98.0 cm³/mol. The number of sulfonamides is 1. The molecule has 1 heterocycles. The summed E-state index contributed by atoms with van der Waals surface area (Å²) in [5.74, 6) is 0.181. The van der Waals surface area contributed by atoms with Crippen molar-refractivity contribution in [1.82, 2.24) is 9.62 Å². The summed E-state index contributed by atoms with van der Waals surface area (Å²) < 4.78 is 27.1. The highest BCUT2D eigenvalue weighted by molar-refractivity contribution is 7.89. The van der Waals surface area contributed by atoms with Crippen LogP contribution in [-0.2, 0) is 14.8 Å². The number of nitrogens with one attached hydrogen (secondary N) is 1. The molecule has 1 aromatic rings. The highest BCUT2D eigenvalue weighted by atomic mass is 35.5. The quantitative estimate of drug-likeness (QED) is 0.866. The number of benzene rings is 1. The van der Waals surface area contributed by atoms with E-state index in [0.29, 0.717) is 18.1 Å². The van der Waals surface area contributed by atoms with Gasteiger partial charge in [0.25, 0.3) is 0 Å². The number of carbonyl (C=O) groups excluding carboxylic acids is 1. The first-order valence-corrected chi connectivity index (χ1v) is 10.8. The molecule has 1 aromatic carbocycles. The average molecular weight is 385 g/mol. The number of carbonyl (C=O) groups is 1. The summed E-state index contributed by atoms with van der Waals surface area (Å²) in [6, 6.07) is 6.22. The molecule has 2 fully saturated rings. The molecule has 1 aliphatic heterocycles. The third-order valence-corrected chi connectivity index (χ3v) is 7.24. The fourth-order valence-corrected chi connectivity index (χ4v) is 5.56. The van der Waals surface area contributed by atoms with E-state index >= 15 is 0 Å². The molecule has 2 aliphatic rings. The lowest BCUT2D eigenvalue weighted by Crippen LogP contribution is -2.50. The van der Waals surface area contributed by atoms with E-state index in [1.165, 1.54) is 16.8 Å². The number of halogens is 1. The number of hydrogen-bond acceptors (Lipinski definition) is 3. The molecule has 25 heavy (non-hydrogen) atoms. The number of piperidine rings is 1. The Morgan fingerprint density at radius 1 is 1.12 bits per heavy atom. The van der Waals surface area contributed by atoms with Crippen molar-refractivity contribution < 1.29 is 13.2 Å². The SMILES string of the molecule is O=C(N[C@H]1CCCN(S(=O)(=O)c2cccc(Cl)c2)C1)C1CCCCC1. The maximum atomic E-state index is 12.8. The lowest BCUT2D eigenvalue weighted by atomic mass is 9.88. The molecular weight excluding hydrogens is 360 g/mol. The Morgan fingerprint density at radius 3 is 2.60 bits per heavy atom. The standard InChI is InChI=1S/C18H25ClN2O3S/c19-15-8-4-10-17(12-15)25(23,24)21-11-5-9-16(13-21)20-18(22)14-6-2-1-3-7-14/h4,8,10,12,14,16H,1-3,5-7,9,11,13H2,(H,20,22)/t16-/m0/s1. The molecule has 0 spiro atoms. The molecule has 1 amide bonds. The first kappa shape index (κ1) is 18.7. The monoisotopic (exact) mass is 384 g/mol. The second kappa shape index (κ2) is 8.06. The van der Waals surface area contributed by atoms with Gasteiger partial charge in [-0.2, -0.15) is 4.31 Å². The summed E-state index contributed by atoms with van der Waals surface area (Å²) in [6.07, 6.45) is 6.89. The molecule has 1 saturated carbocycles. The molecule has 138 valence electrons. The fraction of sp³-hybridized carbons (Fsp3) is 0.611. The van der Waals surface area contributed by atoms with Crippen LogP contribution in [0.2, 0.25) is 5.02 Å². The van der Waals surface area contributed by atoms with Crippen molar-refractivity contribution in [3.63, 3.8) is 0 Å². The Labute approximate surface area is 154 Å². The minimum absolute atomic E-state index is 0.0895. The first-order chi connectivity index (χ1) is 12.0. The summed E-state index contributed by atoms with van der Waals surface area (Å²) in [5.41, 5.74) is 0. The normalized spacial score (nSPS) is 23.3. The first-order valence-electron chi connectivity index (χ1n) is 9.03. The molecule has 3 rings (SSSR count). The zero-order valence-corrected chi connectivity index (χ0v) is 15.9. The van der Waals surface area contributed by atoms with Crippen LogP contribution in [0.1, 0.15) is 44.9 Å². The Kier molecular flexibility index (Phi) is 6.02. The molecule has 1 aliphatic carbocycles. The van der Waals surface area contributed by atoms with E-state index in [-0.39, 0.29) is 22.8 Å². The van der Waals surface area contributed by atoms with Crippen molar-refractivity contribution in [2.75, 3.05) is 13.1 Å². The van der Waals surface area contributed by atoms with Gasteiger partial charge in [-0.15, -0.1) is 0 Å². The number of hydrogen-bond donors (Lipinski definition) is 1. The van der Waals surface area contributed by atoms with Crippen molar-refractivity contribution in [3.8, 4) is 0 Å². The van der Waals surface area contributed by atoms with Crippen LogP contribution in [0.3, 0.4) is 0 Å². The van der Waals surface area contributed by atoms with Crippen molar-refractivity contribution in [3.05, 3.63) is 29.3 Å². The Hall–Kier alpha value is -1.11. The maximum Gasteiger partial charge on any atom is 0.243 e. The molecule has 0 bridgehead atoms. The van der Waals surface area contributed by atoms with Crippen LogP contribution < -0.4 is 5.32 Å². The third-order valence-electron chi connectivity index (χ3n) is 5.14. The zero-order chi connectivity index (χ0) is 17.9. The van der Waals surface area contributed by atoms with E-state index in [4.69, 9.17) is 11.6 Å². The van der Waals surface area contributed by atoms with E-state index in [1.807, 2.05) is 0 Å². The van der Waals surface area contributed by atoms with Crippen molar-refractivity contribution in [1.29, 1.82) is 0 Å². The average Bonchev–Trinajstić information content (AvgIpc) is 2.62. The van der Waals surface area contributed by atoms with Crippen LogP contribution in [0.25, 0.3) is 0 Å². The highest BCUT2D eigenvalue weighted by Crippen LogP contribution is 2.26. The van der Waals surface area contributed by atoms with E-state index in [9.17, 15) is 13.2 Å². The summed E-state index contributed by atoms with van der Waals surface area (Å²) in [7, 11) is -3.58. The van der Waals surface area contributed by atoms with Gasteiger partial charge in [-0.25, -0.2) is 8.42 Å². The van der Waals surface area contributed by atoms with Crippen LogP contribution in [0, 0.1) is 5.92 Å². The van der Waals surface area contributed by atoms with Crippen LogP contribution in [0.15, 0.2) is 29.2 Å². The van der Waals surface area contributed by atoms with Gasteiger partial charge in [0, 0.05) is 30.1 Å². The molecular formula is C18H25ClN2O3S. The molecule has 1 N–H and O–H groups in total. The Morgan fingerprint density at radius 2 is 1.88 bits per heavy atom. The van der Waals surface area contributed by atoms with Gasteiger partial charge in [0.1, 0.15) is 0 Å². The molecule has 0 aromatic heterocycles. The van der Waals surface area contributed by atoms with Gasteiger partial charge in [0.05, 0.1) is 4.90 Å². The van der Waals surface area contributed by atoms with Crippen LogP contribution in [0.5, 0.6) is 0 Å². The third kappa shape index (κ3) is 4.54. The van der Waals surface area contributed by atoms with E-state index < -0.39 is 10.0 Å². The molecule has 1 saturated heterocycles. The largest absolute Gasteiger partial charge is 0.352 e. The minimum atomic E-state index is -3.58. The molecule has 5 nitrogen and oxygen atoms in total. The highest BCUT2D eigenvalue weighted by Gasteiger charge is 2.32. The topological polar surface area (TPSA) is 66.5 Å². The summed E-state index contributed by atoms with van der Waals surface area (Å²) in [5, 5.41) is 3.49. The fourth-order valence-electron chi connectivity index (χ4n) is 3.74. The lowest BCUT2D eigenvalue weighted by molar-refractivity contribution is -0.126. The summed E-state index contributed by atoms with van der Waals surface area (Å²) in [4.78, 5) is 12.6. The summed E-state index contributed by atoms with van der Waals surface area (Å²) >= 11 is 5.93. The van der Waals surface area contributed by atoms with E-state index in [1.54, 1.807) is 18.2 Å². The Balaban J connectivity index is 1.65. The second-order valence-electron chi connectivity index (χ2n) is 7.00. The van der Waals surface area contributed by atoms with Crippen LogP contribution >= 0.6 is 11.6 Å². The van der Waals surface area contributed by atoms with Gasteiger partial charge in [-0.3, -0.25) is 4.79 Å². The maximum absolute atomic E-state index is 12.8. The smallest absolute Gasteiger partial charge is 0.243 e. The molecule has 0 radical (unpaired) electrons. The second-order valence-corrected chi connectivity index (χ2v) is 9.38. The van der Waals surface area contributed by atoms with Crippen LogP contribution in [-0.4, -0.2) is 37.8 Å². The van der Waals surface area contributed by atoms with Gasteiger partial charge in [0.2, 0.25) is 15.9 Å². The lowest BCUT2D eigenvalue weighted by Gasteiger charge is -2.33. The predicted octanol–water partition coefficient (Wildman–Crippen LogP) is 3.19. The van der Waals surface area contributed by atoms with Gasteiger partial charge in [0.15, 0.2) is 0 Å². The Bertz CT molecular complexity index is 717. The minimum Gasteiger partial charge on any atom is -0.352 e. The number of nitrogens with zero attached hydrogens (tertiary/aromatic N) is 1. The molecule has 7 heteroatoms. The van der Waals surface area contributed by atoms with E-state index in [2.05, 4.69) is 5.32 Å². The van der Waals surface area contributed by atoms with Crippen molar-refractivity contribution >= 4 is 27.5 Å². The van der Waals surface area contributed by atoms with Crippen molar-refractivity contribution in [2.24, 2.45) is 5.92 Å². The molecule has 0 unspecified atom stereocenters. The van der Waals surface area contributed by atoms with Gasteiger partial charge in [-0.05, 0) is 43.9 Å². The van der Waals surface area contributed by atoms with Crippen LogP contribution in [0.4, 0.5) is 0 Å². The summed E-state index contributed by atoms with van der Waals surface area (Å²) in [6.45, 7) is 0.804.